The maximum absolute atomic E-state index is 13.1. The van der Waals surface area contributed by atoms with Gasteiger partial charge in [-0.1, -0.05) is 23.7 Å². The first-order chi connectivity index (χ1) is 15.7. The van der Waals surface area contributed by atoms with E-state index in [0.717, 1.165) is 0 Å². The van der Waals surface area contributed by atoms with Crippen LogP contribution in [0.15, 0.2) is 76.4 Å². The zero-order valence-electron chi connectivity index (χ0n) is 17.7. The van der Waals surface area contributed by atoms with Gasteiger partial charge >= 0.3 is 0 Å². The van der Waals surface area contributed by atoms with Crippen molar-refractivity contribution in [1.29, 1.82) is 0 Å². The molecule has 0 aliphatic heterocycles. The Labute approximate surface area is 194 Å². The molecule has 2 N–H and O–H groups in total. The van der Waals surface area contributed by atoms with Crippen molar-refractivity contribution in [2.24, 2.45) is 0 Å². The first-order valence-electron chi connectivity index (χ1n) is 9.84. The van der Waals surface area contributed by atoms with Crippen LogP contribution in [0.2, 0.25) is 5.02 Å². The summed E-state index contributed by atoms with van der Waals surface area (Å²) in [5.74, 6) is 0.185. The van der Waals surface area contributed by atoms with Gasteiger partial charge in [0.2, 0.25) is 5.91 Å². The normalized spacial score (nSPS) is 11.4. The average Bonchev–Trinajstić information content (AvgIpc) is 2.76. The molecule has 4 aromatic rings. The van der Waals surface area contributed by atoms with Crippen molar-refractivity contribution in [1.82, 2.24) is 9.55 Å². The average molecular weight is 483 g/mol. The van der Waals surface area contributed by atoms with E-state index in [1.165, 1.54) is 47.9 Å². The van der Waals surface area contributed by atoms with Crippen LogP contribution in [0.3, 0.4) is 0 Å². The largest absolute Gasteiger partial charge is 0.326 e. The van der Waals surface area contributed by atoms with Gasteiger partial charge in [0.1, 0.15) is 5.82 Å². The Hall–Kier alpha value is -3.69. The smallest absolute Gasteiger partial charge is 0.265 e. The number of benzene rings is 3. The molecule has 0 spiro atoms. The van der Waals surface area contributed by atoms with Crippen molar-refractivity contribution in [3.63, 3.8) is 0 Å². The third-order valence-electron chi connectivity index (χ3n) is 4.88. The molecule has 0 atom stereocenters. The number of nitrogens with zero attached hydrogens (tertiary/aromatic N) is 2. The Morgan fingerprint density at radius 3 is 2.42 bits per heavy atom. The van der Waals surface area contributed by atoms with Crippen molar-refractivity contribution in [2.45, 2.75) is 18.7 Å². The zero-order valence-corrected chi connectivity index (χ0v) is 19.2. The highest BCUT2D eigenvalue weighted by Crippen LogP contribution is 2.28. The third-order valence-corrected chi connectivity index (χ3v) is 6.59. The van der Waals surface area contributed by atoms with E-state index in [4.69, 9.17) is 11.6 Å². The minimum Gasteiger partial charge on any atom is -0.326 e. The molecule has 0 fully saturated rings. The molecule has 33 heavy (non-hydrogen) atoms. The van der Waals surface area contributed by atoms with Crippen molar-refractivity contribution in [2.75, 3.05) is 10.0 Å². The Bertz CT molecular complexity index is 1550. The van der Waals surface area contributed by atoms with Crippen molar-refractivity contribution in [3.8, 4) is 5.69 Å². The second-order valence-corrected chi connectivity index (χ2v) is 9.38. The minimum absolute atomic E-state index is 0.0150. The van der Waals surface area contributed by atoms with Crippen molar-refractivity contribution >= 4 is 49.8 Å². The molecular formula is C23H19ClN4O4S. The van der Waals surface area contributed by atoms with Crippen LogP contribution in [0, 0.1) is 6.92 Å². The van der Waals surface area contributed by atoms with Gasteiger partial charge in [-0.3, -0.25) is 18.9 Å². The SMILES string of the molecule is CC(=O)Nc1ccc(S(=O)(=O)Nc2cc(-n3c(C)nc4ccccc4c3=O)ccc2Cl)cc1. The van der Waals surface area contributed by atoms with Crippen LogP contribution in [-0.2, 0) is 14.8 Å². The molecular weight excluding hydrogens is 464 g/mol. The molecule has 4 rings (SSSR count). The summed E-state index contributed by atoms with van der Waals surface area (Å²) in [5.41, 5.74) is 1.30. The summed E-state index contributed by atoms with van der Waals surface area (Å²) in [4.78, 5) is 28.7. The van der Waals surface area contributed by atoms with Crippen LogP contribution >= 0.6 is 11.6 Å². The van der Waals surface area contributed by atoms with Crippen LogP contribution in [0.4, 0.5) is 11.4 Å². The third kappa shape index (κ3) is 4.59. The Kier molecular flexibility index (Phi) is 5.92. The molecule has 1 amide bonds. The number of para-hydroxylation sites is 1. The van der Waals surface area contributed by atoms with Crippen molar-refractivity contribution < 1.29 is 13.2 Å². The standard InChI is InChI=1S/C23H19ClN4O4S/c1-14-25-21-6-4-3-5-19(21)23(30)28(14)17-9-12-20(24)22(13-17)27-33(31,32)18-10-7-16(8-11-18)26-15(2)29/h3-13,27H,1-2H3,(H,26,29). The summed E-state index contributed by atoms with van der Waals surface area (Å²) in [6.45, 7) is 3.06. The van der Waals surface area contributed by atoms with Crippen LogP contribution in [0.25, 0.3) is 16.6 Å². The highest BCUT2D eigenvalue weighted by Gasteiger charge is 2.18. The number of hydrogen-bond acceptors (Lipinski definition) is 5. The molecule has 1 heterocycles. The summed E-state index contributed by atoms with van der Waals surface area (Å²) in [6.07, 6.45) is 0. The van der Waals surface area contributed by atoms with Gasteiger partial charge in [0.15, 0.2) is 0 Å². The van der Waals surface area contributed by atoms with Gasteiger partial charge in [0, 0.05) is 12.6 Å². The van der Waals surface area contributed by atoms with Crippen LogP contribution in [-0.4, -0.2) is 23.9 Å². The van der Waals surface area contributed by atoms with Gasteiger partial charge in [-0.05, 0) is 61.5 Å². The lowest BCUT2D eigenvalue weighted by Crippen LogP contribution is -2.22. The monoisotopic (exact) mass is 482 g/mol. The molecule has 0 saturated carbocycles. The van der Waals surface area contributed by atoms with Gasteiger partial charge in [0.25, 0.3) is 15.6 Å². The predicted molar refractivity (Wildman–Crippen MR) is 129 cm³/mol. The van der Waals surface area contributed by atoms with E-state index in [2.05, 4.69) is 15.0 Å². The topological polar surface area (TPSA) is 110 Å². The second-order valence-electron chi connectivity index (χ2n) is 7.29. The molecule has 1 aromatic heterocycles. The Morgan fingerprint density at radius 1 is 1.03 bits per heavy atom. The number of nitrogens with one attached hydrogen (secondary N) is 2. The lowest BCUT2D eigenvalue weighted by Gasteiger charge is -2.14. The van der Waals surface area contributed by atoms with Crippen LogP contribution in [0.5, 0.6) is 0 Å². The number of hydrogen-bond donors (Lipinski definition) is 2. The second kappa shape index (κ2) is 8.68. The lowest BCUT2D eigenvalue weighted by molar-refractivity contribution is -0.114. The molecule has 0 aliphatic carbocycles. The number of halogens is 1. The van der Waals surface area contributed by atoms with E-state index in [0.29, 0.717) is 28.1 Å². The number of aromatic nitrogens is 2. The van der Waals surface area contributed by atoms with Crippen LogP contribution in [0.1, 0.15) is 12.7 Å². The van der Waals surface area contributed by atoms with Gasteiger partial charge < -0.3 is 5.32 Å². The summed E-state index contributed by atoms with van der Waals surface area (Å²) in [6, 6.07) is 17.3. The van der Waals surface area contributed by atoms with Gasteiger partial charge in [-0.25, -0.2) is 13.4 Å². The number of carbonyl (C=O) groups excluding carboxylic acids is 1. The molecule has 3 aromatic carbocycles. The zero-order chi connectivity index (χ0) is 23.8. The fourth-order valence-corrected chi connectivity index (χ4v) is 4.69. The van der Waals surface area contributed by atoms with E-state index in [1.807, 2.05) is 0 Å². The molecule has 8 nitrogen and oxygen atoms in total. The molecule has 0 saturated heterocycles. The fraction of sp³-hybridized carbons (Fsp3) is 0.0870. The highest BCUT2D eigenvalue weighted by molar-refractivity contribution is 7.92. The number of amides is 1. The first kappa shape index (κ1) is 22.5. The summed E-state index contributed by atoms with van der Waals surface area (Å²) >= 11 is 6.26. The van der Waals surface area contributed by atoms with E-state index >= 15 is 0 Å². The number of rotatable bonds is 5. The molecule has 0 bridgehead atoms. The van der Waals surface area contributed by atoms with Gasteiger partial charge in [0.05, 0.1) is 32.2 Å². The van der Waals surface area contributed by atoms with E-state index < -0.39 is 10.0 Å². The van der Waals surface area contributed by atoms with Crippen LogP contribution < -0.4 is 15.6 Å². The molecule has 168 valence electrons. The van der Waals surface area contributed by atoms with Crippen molar-refractivity contribution in [3.05, 3.63) is 87.9 Å². The Morgan fingerprint density at radius 2 is 1.73 bits per heavy atom. The van der Waals surface area contributed by atoms with E-state index in [9.17, 15) is 18.0 Å². The Balaban J connectivity index is 1.72. The molecule has 0 unspecified atom stereocenters. The summed E-state index contributed by atoms with van der Waals surface area (Å²) in [5, 5.41) is 3.19. The molecule has 0 radical (unpaired) electrons. The number of aryl methyl sites for hydroxylation is 1. The number of fused-ring (bicyclic) bond motifs is 1. The fourth-order valence-electron chi connectivity index (χ4n) is 3.40. The predicted octanol–water partition coefficient (Wildman–Crippen LogP) is 4.11. The number of anilines is 2. The lowest BCUT2D eigenvalue weighted by atomic mass is 10.2. The van der Waals surface area contributed by atoms with E-state index in [1.54, 1.807) is 37.3 Å². The first-order valence-corrected chi connectivity index (χ1v) is 11.7. The summed E-state index contributed by atoms with van der Waals surface area (Å²) in [7, 11) is -3.99. The molecule has 0 aliphatic rings. The highest BCUT2D eigenvalue weighted by atomic mass is 35.5. The minimum atomic E-state index is -3.99. The molecule has 10 heteroatoms. The van der Waals surface area contributed by atoms with E-state index in [-0.39, 0.29) is 27.1 Å². The maximum Gasteiger partial charge on any atom is 0.265 e. The van der Waals surface area contributed by atoms with Gasteiger partial charge in [-0.15, -0.1) is 0 Å². The number of carbonyl (C=O) groups is 1. The van der Waals surface area contributed by atoms with Gasteiger partial charge in [-0.2, -0.15) is 0 Å². The summed E-state index contributed by atoms with van der Waals surface area (Å²) < 4.78 is 29.7. The quantitative estimate of drug-likeness (QED) is 0.445. The number of sulfonamides is 1. The maximum atomic E-state index is 13.1.